The second-order valence-corrected chi connectivity index (χ2v) is 7.19. The van der Waals surface area contributed by atoms with Crippen LogP contribution in [0.3, 0.4) is 0 Å². The molecule has 27 heavy (non-hydrogen) atoms. The van der Waals surface area contributed by atoms with Gasteiger partial charge in [0.1, 0.15) is 0 Å². The van der Waals surface area contributed by atoms with Crippen LogP contribution in [-0.4, -0.2) is 42.9 Å². The van der Waals surface area contributed by atoms with Crippen LogP contribution in [0, 0.1) is 0 Å². The number of halogens is 2. The largest absolute Gasteiger partial charge is 0.465 e. The molecule has 0 aliphatic rings. The van der Waals surface area contributed by atoms with Gasteiger partial charge in [0.25, 0.3) is 0 Å². The van der Waals surface area contributed by atoms with E-state index in [-0.39, 0.29) is 11.1 Å². The highest BCUT2D eigenvalue weighted by molar-refractivity contribution is 9.10. The molecule has 1 aromatic heterocycles. The number of benzene rings is 2. The van der Waals surface area contributed by atoms with E-state index in [1.54, 1.807) is 10.7 Å². The lowest BCUT2D eigenvalue weighted by Gasteiger charge is -2.22. The predicted molar refractivity (Wildman–Crippen MR) is 108 cm³/mol. The number of carbonyl (C=O) groups is 2. The summed E-state index contributed by atoms with van der Waals surface area (Å²) in [5.74, 6) is -1.27. The van der Waals surface area contributed by atoms with Gasteiger partial charge in [-0.2, -0.15) is 0 Å². The standard InChI is InChI=1S/C18H15Br2N3O4/c1-22(11-6-4-10(19)5-7-11)23-15-9-13(17(25)27-3)12(16(24)26-2)8-14(15)21-18(23)20/h4-9H,1-3H3. The molecule has 140 valence electrons. The van der Waals surface area contributed by atoms with Gasteiger partial charge in [0.2, 0.25) is 0 Å². The van der Waals surface area contributed by atoms with Crippen LogP contribution >= 0.6 is 31.9 Å². The lowest BCUT2D eigenvalue weighted by atomic mass is 10.1. The van der Waals surface area contributed by atoms with Crippen molar-refractivity contribution in [3.63, 3.8) is 0 Å². The van der Waals surface area contributed by atoms with E-state index < -0.39 is 11.9 Å². The third-order valence-corrected chi connectivity index (χ3v) is 5.08. The summed E-state index contributed by atoms with van der Waals surface area (Å²) in [4.78, 5) is 28.7. The second-order valence-electron chi connectivity index (χ2n) is 5.56. The molecule has 0 saturated carbocycles. The first kappa shape index (κ1) is 19.4. The third-order valence-electron chi connectivity index (χ3n) is 4.04. The van der Waals surface area contributed by atoms with Gasteiger partial charge in [-0.05, 0) is 52.3 Å². The van der Waals surface area contributed by atoms with Crippen LogP contribution < -0.4 is 5.01 Å². The minimum atomic E-state index is -0.635. The van der Waals surface area contributed by atoms with Crippen molar-refractivity contribution in [1.29, 1.82) is 0 Å². The first-order chi connectivity index (χ1) is 12.9. The summed E-state index contributed by atoms with van der Waals surface area (Å²) in [7, 11) is 4.37. The maximum atomic E-state index is 12.2. The number of imidazole rings is 1. The molecule has 2 aromatic carbocycles. The fraction of sp³-hybridized carbons (Fsp3) is 0.167. The molecule has 0 aliphatic carbocycles. The molecule has 7 nitrogen and oxygen atoms in total. The zero-order valence-electron chi connectivity index (χ0n) is 14.7. The minimum Gasteiger partial charge on any atom is -0.465 e. The third kappa shape index (κ3) is 3.57. The lowest BCUT2D eigenvalue weighted by Crippen LogP contribution is -2.24. The number of carbonyl (C=O) groups excluding carboxylic acids is 2. The quantitative estimate of drug-likeness (QED) is 0.507. The number of rotatable bonds is 4. The van der Waals surface area contributed by atoms with Crippen molar-refractivity contribution in [2.45, 2.75) is 0 Å². The van der Waals surface area contributed by atoms with Crippen LogP contribution in [0.15, 0.2) is 45.6 Å². The van der Waals surface area contributed by atoms with Crippen molar-refractivity contribution in [2.75, 3.05) is 26.3 Å². The van der Waals surface area contributed by atoms with Crippen LogP contribution in [-0.2, 0) is 9.47 Å². The molecular formula is C18H15Br2N3O4. The number of hydrogen-bond acceptors (Lipinski definition) is 6. The maximum Gasteiger partial charge on any atom is 0.338 e. The fourth-order valence-corrected chi connectivity index (χ4v) is 3.58. The maximum absolute atomic E-state index is 12.2. The van der Waals surface area contributed by atoms with Crippen LogP contribution in [0.4, 0.5) is 5.69 Å². The Morgan fingerprint density at radius 2 is 1.56 bits per heavy atom. The van der Waals surface area contributed by atoms with Gasteiger partial charge >= 0.3 is 11.9 Å². The van der Waals surface area contributed by atoms with E-state index >= 15 is 0 Å². The number of anilines is 1. The van der Waals surface area contributed by atoms with Gasteiger partial charge in [0.05, 0.1) is 42.1 Å². The van der Waals surface area contributed by atoms with Gasteiger partial charge in [0.15, 0.2) is 4.73 Å². The Labute approximate surface area is 172 Å². The molecule has 0 atom stereocenters. The summed E-state index contributed by atoms with van der Waals surface area (Å²) in [5.41, 5.74) is 2.25. The monoisotopic (exact) mass is 495 g/mol. The average molecular weight is 497 g/mol. The highest BCUT2D eigenvalue weighted by Crippen LogP contribution is 2.28. The number of nitrogens with zero attached hydrogens (tertiary/aromatic N) is 3. The molecule has 0 bridgehead atoms. The number of hydrogen-bond donors (Lipinski definition) is 0. The molecule has 0 spiro atoms. The van der Waals surface area contributed by atoms with Gasteiger partial charge in [-0.25, -0.2) is 19.2 Å². The minimum absolute atomic E-state index is 0.0975. The predicted octanol–water partition coefficient (Wildman–Crippen LogP) is 4.03. The van der Waals surface area contributed by atoms with Crippen molar-refractivity contribution in [3.8, 4) is 0 Å². The Hall–Kier alpha value is -2.39. The summed E-state index contributed by atoms with van der Waals surface area (Å²) in [5, 5.41) is 1.87. The van der Waals surface area contributed by atoms with E-state index in [4.69, 9.17) is 9.47 Å². The van der Waals surface area contributed by atoms with Crippen molar-refractivity contribution in [1.82, 2.24) is 9.66 Å². The molecule has 1 heterocycles. The Morgan fingerprint density at radius 1 is 1.00 bits per heavy atom. The van der Waals surface area contributed by atoms with E-state index in [0.29, 0.717) is 15.8 Å². The highest BCUT2D eigenvalue weighted by Gasteiger charge is 2.23. The van der Waals surface area contributed by atoms with E-state index in [9.17, 15) is 9.59 Å². The molecule has 9 heteroatoms. The van der Waals surface area contributed by atoms with E-state index in [2.05, 4.69) is 36.8 Å². The molecule has 0 unspecified atom stereocenters. The van der Waals surface area contributed by atoms with E-state index in [1.807, 2.05) is 36.3 Å². The smallest absolute Gasteiger partial charge is 0.338 e. The zero-order chi connectivity index (χ0) is 19.7. The van der Waals surface area contributed by atoms with E-state index in [0.717, 1.165) is 10.2 Å². The molecule has 0 amide bonds. The molecule has 3 aromatic rings. The van der Waals surface area contributed by atoms with Crippen LogP contribution in [0.1, 0.15) is 20.7 Å². The Balaban J connectivity index is 2.22. The van der Waals surface area contributed by atoms with Crippen LogP contribution in [0.5, 0.6) is 0 Å². The molecule has 0 aliphatic heterocycles. The number of esters is 2. The van der Waals surface area contributed by atoms with Gasteiger partial charge in [-0.1, -0.05) is 15.9 Å². The fourth-order valence-electron chi connectivity index (χ4n) is 2.70. The van der Waals surface area contributed by atoms with Gasteiger partial charge in [0, 0.05) is 11.5 Å². The Bertz CT molecular complexity index is 1030. The number of ether oxygens (including phenoxy) is 2. The number of fused-ring (bicyclic) bond motifs is 1. The van der Waals surface area contributed by atoms with Crippen LogP contribution in [0.2, 0.25) is 0 Å². The first-order valence-electron chi connectivity index (χ1n) is 7.75. The van der Waals surface area contributed by atoms with Crippen molar-refractivity contribution >= 4 is 60.5 Å². The molecule has 0 saturated heterocycles. The molecule has 0 fully saturated rings. The normalized spacial score (nSPS) is 10.7. The molecule has 3 rings (SSSR count). The zero-order valence-corrected chi connectivity index (χ0v) is 17.9. The summed E-state index contributed by atoms with van der Waals surface area (Å²) >= 11 is 6.87. The SMILES string of the molecule is COC(=O)c1cc2nc(Br)n(N(C)c3ccc(Br)cc3)c2cc1C(=O)OC. The summed E-state index contributed by atoms with van der Waals surface area (Å²) in [6.45, 7) is 0. The van der Waals surface area contributed by atoms with Gasteiger partial charge < -0.3 is 9.47 Å². The van der Waals surface area contributed by atoms with Gasteiger partial charge in [-0.15, -0.1) is 0 Å². The van der Waals surface area contributed by atoms with Crippen molar-refractivity contribution in [3.05, 3.63) is 56.7 Å². The van der Waals surface area contributed by atoms with Crippen LogP contribution in [0.25, 0.3) is 11.0 Å². The summed E-state index contributed by atoms with van der Waals surface area (Å²) < 4.78 is 12.9. The van der Waals surface area contributed by atoms with E-state index in [1.165, 1.54) is 20.3 Å². The highest BCUT2D eigenvalue weighted by atomic mass is 79.9. The first-order valence-corrected chi connectivity index (χ1v) is 9.34. The Kier molecular flexibility index (Phi) is 5.52. The Morgan fingerprint density at radius 3 is 2.11 bits per heavy atom. The average Bonchev–Trinajstić information content (AvgIpc) is 3.00. The molecule has 0 N–H and O–H groups in total. The topological polar surface area (TPSA) is 73.7 Å². The molecule has 0 radical (unpaired) electrons. The van der Waals surface area contributed by atoms with Crippen molar-refractivity contribution in [2.24, 2.45) is 0 Å². The lowest BCUT2D eigenvalue weighted by molar-refractivity contribution is 0.0555. The van der Waals surface area contributed by atoms with Crippen molar-refractivity contribution < 1.29 is 19.1 Å². The summed E-state index contributed by atoms with van der Waals surface area (Å²) in [6, 6.07) is 10.8. The summed E-state index contributed by atoms with van der Waals surface area (Å²) in [6.07, 6.45) is 0. The second kappa shape index (κ2) is 7.69. The number of methoxy groups -OCH3 is 2. The number of aromatic nitrogens is 2. The van der Waals surface area contributed by atoms with Gasteiger partial charge in [-0.3, -0.25) is 5.01 Å². The molecular weight excluding hydrogens is 482 g/mol.